The summed E-state index contributed by atoms with van der Waals surface area (Å²) in [5.41, 5.74) is 2.73. The van der Waals surface area contributed by atoms with E-state index in [1.54, 1.807) is 25.4 Å². The molecule has 2 N–H and O–H groups in total. The molecular formula is C23H23N3O4. The van der Waals surface area contributed by atoms with Crippen molar-refractivity contribution >= 4 is 12.0 Å². The number of benzene rings is 2. The summed E-state index contributed by atoms with van der Waals surface area (Å²) in [6.45, 7) is 2.85. The molecule has 0 spiro atoms. The molecule has 2 aromatic carbocycles. The molecule has 1 atom stereocenters. The number of hydrogen-bond donors (Lipinski definition) is 2. The van der Waals surface area contributed by atoms with Crippen molar-refractivity contribution in [1.82, 2.24) is 15.3 Å². The average Bonchev–Trinajstić information content (AvgIpc) is 3.28. The minimum atomic E-state index is -0.269. The molecule has 1 aliphatic heterocycles. The number of ether oxygens (including phenoxy) is 3. The topological polar surface area (TPSA) is 85.5 Å². The summed E-state index contributed by atoms with van der Waals surface area (Å²) < 4.78 is 16.6. The third-order valence-electron chi connectivity index (χ3n) is 4.73. The van der Waals surface area contributed by atoms with Gasteiger partial charge in [0.1, 0.15) is 19.0 Å². The van der Waals surface area contributed by atoms with Crippen LogP contribution >= 0.6 is 0 Å². The number of methoxy groups -OCH3 is 1. The van der Waals surface area contributed by atoms with E-state index in [1.165, 1.54) is 6.08 Å². The smallest absolute Gasteiger partial charge is 0.244 e. The predicted molar refractivity (Wildman–Crippen MR) is 114 cm³/mol. The Kier molecular flexibility index (Phi) is 5.70. The lowest BCUT2D eigenvalue weighted by atomic mass is 10.1. The van der Waals surface area contributed by atoms with Gasteiger partial charge >= 0.3 is 0 Å². The largest absolute Gasteiger partial charge is 0.493 e. The van der Waals surface area contributed by atoms with Gasteiger partial charge in [-0.05, 0) is 36.3 Å². The highest BCUT2D eigenvalue weighted by Gasteiger charge is 2.18. The number of H-pyrrole nitrogens is 1. The van der Waals surface area contributed by atoms with Gasteiger partial charge in [-0.3, -0.25) is 4.79 Å². The Bertz CT molecular complexity index is 1040. The van der Waals surface area contributed by atoms with Gasteiger partial charge in [0.2, 0.25) is 11.7 Å². The van der Waals surface area contributed by atoms with Crippen molar-refractivity contribution in [3.63, 3.8) is 0 Å². The summed E-state index contributed by atoms with van der Waals surface area (Å²) in [6, 6.07) is 13.3. The molecule has 0 aliphatic carbocycles. The Morgan fingerprint density at radius 1 is 1.23 bits per heavy atom. The van der Waals surface area contributed by atoms with Crippen molar-refractivity contribution in [2.75, 3.05) is 20.3 Å². The van der Waals surface area contributed by atoms with Crippen LogP contribution in [0.15, 0.2) is 54.7 Å². The minimum absolute atomic E-state index is 0.228. The number of aromatic nitrogens is 2. The van der Waals surface area contributed by atoms with Crippen LogP contribution in [0.1, 0.15) is 24.4 Å². The van der Waals surface area contributed by atoms with Crippen LogP contribution in [0.3, 0.4) is 0 Å². The predicted octanol–water partition coefficient (Wildman–Crippen LogP) is 3.75. The average molecular weight is 405 g/mol. The van der Waals surface area contributed by atoms with E-state index in [4.69, 9.17) is 14.2 Å². The van der Waals surface area contributed by atoms with Crippen molar-refractivity contribution in [2.24, 2.45) is 0 Å². The number of carbonyl (C=O) groups excluding carboxylic acids is 1. The molecule has 1 aliphatic rings. The lowest BCUT2D eigenvalue weighted by molar-refractivity contribution is -0.117. The summed E-state index contributed by atoms with van der Waals surface area (Å²) >= 11 is 0. The number of hydrogen-bond acceptors (Lipinski definition) is 5. The Balaban J connectivity index is 1.42. The second-order valence-corrected chi connectivity index (χ2v) is 6.86. The van der Waals surface area contributed by atoms with Gasteiger partial charge in [0.25, 0.3) is 0 Å². The van der Waals surface area contributed by atoms with E-state index in [0.29, 0.717) is 36.3 Å². The Labute approximate surface area is 174 Å². The lowest BCUT2D eigenvalue weighted by Gasteiger charge is -2.20. The van der Waals surface area contributed by atoms with E-state index < -0.39 is 0 Å². The molecule has 4 rings (SSSR count). The monoisotopic (exact) mass is 405 g/mol. The molecule has 1 aromatic heterocycles. The zero-order valence-electron chi connectivity index (χ0n) is 16.8. The second kappa shape index (κ2) is 8.73. The zero-order valence-corrected chi connectivity index (χ0v) is 16.8. The van der Waals surface area contributed by atoms with Gasteiger partial charge in [0.15, 0.2) is 11.5 Å². The van der Waals surface area contributed by atoms with Crippen LogP contribution in [-0.4, -0.2) is 36.2 Å². The molecule has 30 heavy (non-hydrogen) atoms. The van der Waals surface area contributed by atoms with Gasteiger partial charge in [-0.15, -0.1) is 0 Å². The molecule has 154 valence electrons. The summed E-state index contributed by atoms with van der Waals surface area (Å²) in [6.07, 6.45) is 4.95. The maximum absolute atomic E-state index is 12.4. The van der Waals surface area contributed by atoms with Crippen LogP contribution < -0.4 is 19.5 Å². The molecule has 0 unspecified atom stereocenters. The third kappa shape index (κ3) is 4.30. The molecule has 1 amide bonds. The Hall–Kier alpha value is -3.74. The molecule has 0 fully saturated rings. The Morgan fingerprint density at radius 3 is 2.83 bits per heavy atom. The third-order valence-corrected chi connectivity index (χ3v) is 4.73. The first-order valence-corrected chi connectivity index (χ1v) is 9.70. The first-order chi connectivity index (χ1) is 14.6. The molecular weight excluding hydrogens is 382 g/mol. The summed E-state index contributed by atoms with van der Waals surface area (Å²) in [7, 11) is 1.57. The standard InChI is InChI=1S/C23H23N3O4/c1-15(23-24-14-18(26-23)17-6-4-3-5-7-17)25-21(27)9-8-16-12-19(28-2)22-20(13-16)29-10-11-30-22/h3-9,12-15H,10-11H2,1-2H3,(H,24,26)(H,25,27)/b9-8-/t15-/m0/s1. The van der Waals surface area contributed by atoms with E-state index in [-0.39, 0.29) is 11.9 Å². The number of nitrogens with one attached hydrogen (secondary N) is 2. The molecule has 0 saturated heterocycles. The van der Waals surface area contributed by atoms with Crippen molar-refractivity contribution in [1.29, 1.82) is 0 Å². The first-order valence-electron chi connectivity index (χ1n) is 9.70. The van der Waals surface area contributed by atoms with Crippen molar-refractivity contribution < 1.29 is 19.0 Å². The van der Waals surface area contributed by atoms with Crippen LogP contribution in [0.25, 0.3) is 17.3 Å². The highest BCUT2D eigenvalue weighted by atomic mass is 16.6. The number of aromatic amines is 1. The van der Waals surface area contributed by atoms with E-state index in [1.807, 2.05) is 43.3 Å². The molecule has 2 heterocycles. The maximum Gasteiger partial charge on any atom is 0.244 e. The van der Waals surface area contributed by atoms with Crippen molar-refractivity contribution in [2.45, 2.75) is 13.0 Å². The van der Waals surface area contributed by atoms with Gasteiger partial charge in [-0.2, -0.15) is 0 Å². The molecule has 0 radical (unpaired) electrons. The van der Waals surface area contributed by atoms with E-state index in [2.05, 4.69) is 15.3 Å². The number of carbonyl (C=O) groups is 1. The molecule has 0 saturated carbocycles. The summed E-state index contributed by atoms with van der Waals surface area (Å²) in [5.74, 6) is 2.24. The second-order valence-electron chi connectivity index (χ2n) is 6.86. The first kappa shape index (κ1) is 19.6. The Morgan fingerprint density at radius 2 is 2.03 bits per heavy atom. The highest BCUT2D eigenvalue weighted by Crippen LogP contribution is 2.40. The van der Waals surface area contributed by atoms with Gasteiger partial charge in [-0.1, -0.05) is 30.3 Å². The molecule has 7 heteroatoms. The number of rotatable bonds is 6. The van der Waals surface area contributed by atoms with Gasteiger partial charge in [0, 0.05) is 6.08 Å². The molecule has 3 aromatic rings. The molecule has 0 bridgehead atoms. The SMILES string of the molecule is COc1cc(/C=C\C(=O)N[C@@H](C)c2ncc(-c3ccccc3)[nH]2)cc2c1OCCO2. The quantitative estimate of drug-likeness (QED) is 0.610. The van der Waals surface area contributed by atoms with Gasteiger partial charge in [-0.25, -0.2) is 4.98 Å². The maximum atomic E-state index is 12.4. The zero-order chi connectivity index (χ0) is 20.9. The summed E-state index contributed by atoms with van der Waals surface area (Å²) in [5, 5.41) is 2.92. The lowest BCUT2D eigenvalue weighted by Crippen LogP contribution is -2.25. The number of imidazole rings is 1. The number of nitrogens with zero attached hydrogens (tertiary/aromatic N) is 1. The fourth-order valence-corrected chi connectivity index (χ4v) is 3.21. The van der Waals surface area contributed by atoms with Crippen molar-refractivity contribution in [3.05, 3.63) is 66.1 Å². The summed E-state index contributed by atoms with van der Waals surface area (Å²) in [4.78, 5) is 20.0. The van der Waals surface area contributed by atoms with E-state index >= 15 is 0 Å². The number of amides is 1. The van der Waals surface area contributed by atoms with Crippen LogP contribution in [0.2, 0.25) is 0 Å². The minimum Gasteiger partial charge on any atom is -0.493 e. The fraction of sp³-hybridized carbons (Fsp3) is 0.217. The normalized spacial score (nSPS) is 13.8. The van der Waals surface area contributed by atoms with Crippen LogP contribution in [-0.2, 0) is 4.79 Å². The molecule has 7 nitrogen and oxygen atoms in total. The number of fused-ring (bicyclic) bond motifs is 1. The fourth-order valence-electron chi connectivity index (χ4n) is 3.21. The van der Waals surface area contributed by atoms with Gasteiger partial charge < -0.3 is 24.5 Å². The highest BCUT2D eigenvalue weighted by molar-refractivity contribution is 5.92. The van der Waals surface area contributed by atoms with Crippen LogP contribution in [0, 0.1) is 0 Å². The van der Waals surface area contributed by atoms with Crippen LogP contribution in [0.5, 0.6) is 17.2 Å². The van der Waals surface area contributed by atoms with E-state index in [9.17, 15) is 4.79 Å². The van der Waals surface area contributed by atoms with Gasteiger partial charge in [0.05, 0.1) is 25.0 Å². The van der Waals surface area contributed by atoms with E-state index in [0.717, 1.165) is 16.8 Å². The van der Waals surface area contributed by atoms with Crippen LogP contribution in [0.4, 0.5) is 0 Å². The van der Waals surface area contributed by atoms with Crippen molar-refractivity contribution in [3.8, 4) is 28.5 Å².